The molecule has 1 heterocycles. The summed E-state index contributed by atoms with van der Waals surface area (Å²) in [6.45, 7) is 0. The van der Waals surface area contributed by atoms with E-state index in [2.05, 4.69) is 9.84 Å². The largest absolute Gasteiger partial charge is 0.481 e. The molecule has 0 atom stereocenters. The van der Waals surface area contributed by atoms with Crippen LogP contribution in [0.25, 0.3) is 0 Å². The van der Waals surface area contributed by atoms with Crippen LogP contribution in [0, 0.1) is 0 Å². The Morgan fingerprint density at radius 1 is 1.58 bits per heavy atom. The van der Waals surface area contributed by atoms with Crippen LogP contribution in [0.4, 0.5) is 0 Å². The lowest BCUT2D eigenvalue weighted by atomic mass is 10.4. The summed E-state index contributed by atoms with van der Waals surface area (Å²) in [6, 6.07) is 1.52. The van der Waals surface area contributed by atoms with E-state index < -0.39 is 5.97 Å². The average molecular weight is 170 g/mol. The molecule has 5 nitrogen and oxygen atoms in total. The van der Waals surface area contributed by atoms with Gasteiger partial charge in [-0.2, -0.15) is 5.10 Å². The van der Waals surface area contributed by atoms with Crippen LogP contribution in [0.1, 0.15) is 10.5 Å². The van der Waals surface area contributed by atoms with Crippen molar-refractivity contribution in [3.05, 3.63) is 11.8 Å². The molecule has 0 fully saturated rings. The minimum absolute atomic E-state index is 0.247. The molecule has 0 bridgehead atoms. The van der Waals surface area contributed by atoms with Gasteiger partial charge in [-0.25, -0.2) is 9.48 Å². The fraction of sp³-hybridized carbons (Fsp3) is 0.429. The van der Waals surface area contributed by atoms with Gasteiger partial charge in [-0.3, -0.25) is 0 Å². The number of aryl methyl sites for hydroxylation is 1. The van der Waals surface area contributed by atoms with Gasteiger partial charge in [0.1, 0.15) is 0 Å². The summed E-state index contributed by atoms with van der Waals surface area (Å²) in [6.07, 6.45) is 0. The lowest BCUT2D eigenvalue weighted by molar-refractivity contribution is 0.0593. The molecule has 1 aromatic heterocycles. The van der Waals surface area contributed by atoms with E-state index >= 15 is 0 Å². The molecule has 0 unspecified atom stereocenters. The zero-order valence-electron chi connectivity index (χ0n) is 7.20. The summed E-state index contributed by atoms with van der Waals surface area (Å²) in [5, 5.41) is 3.87. The Bertz CT molecular complexity index is 293. The smallest absolute Gasteiger partial charge is 0.358 e. The molecule has 0 amide bonds. The number of nitrogens with zero attached hydrogens (tertiary/aromatic N) is 2. The van der Waals surface area contributed by atoms with Gasteiger partial charge < -0.3 is 9.47 Å². The van der Waals surface area contributed by atoms with E-state index in [1.165, 1.54) is 25.0 Å². The first-order chi connectivity index (χ1) is 5.69. The van der Waals surface area contributed by atoms with Crippen LogP contribution in [0.2, 0.25) is 0 Å². The van der Waals surface area contributed by atoms with E-state index in [0.717, 1.165) is 0 Å². The lowest BCUT2D eigenvalue weighted by Crippen LogP contribution is -2.02. The molecule has 0 spiro atoms. The number of carbonyl (C=O) groups is 1. The van der Waals surface area contributed by atoms with Crippen molar-refractivity contribution in [2.24, 2.45) is 7.05 Å². The van der Waals surface area contributed by atoms with Crippen LogP contribution >= 0.6 is 0 Å². The van der Waals surface area contributed by atoms with Crippen molar-refractivity contribution in [2.45, 2.75) is 0 Å². The molecule has 1 rings (SSSR count). The molecule has 1 aromatic rings. The molecule has 66 valence electrons. The molecule has 0 aromatic carbocycles. The molecule has 0 aliphatic carbocycles. The van der Waals surface area contributed by atoms with E-state index in [1.54, 1.807) is 7.05 Å². The second kappa shape index (κ2) is 3.25. The van der Waals surface area contributed by atoms with E-state index in [4.69, 9.17) is 4.74 Å². The molecular weight excluding hydrogens is 160 g/mol. The lowest BCUT2D eigenvalue weighted by Gasteiger charge is -1.95. The van der Waals surface area contributed by atoms with E-state index in [-0.39, 0.29) is 5.69 Å². The van der Waals surface area contributed by atoms with Crippen molar-refractivity contribution in [1.29, 1.82) is 0 Å². The SMILES string of the molecule is COC(=O)c1cc(OC)n(C)n1. The van der Waals surface area contributed by atoms with E-state index in [9.17, 15) is 4.79 Å². The highest BCUT2D eigenvalue weighted by Crippen LogP contribution is 2.11. The molecule has 0 saturated carbocycles. The molecule has 0 aliphatic rings. The van der Waals surface area contributed by atoms with Crippen molar-refractivity contribution >= 4 is 5.97 Å². The van der Waals surface area contributed by atoms with Gasteiger partial charge in [-0.1, -0.05) is 0 Å². The fourth-order valence-corrected chi connectivity index (χ4v) is 0.845. The predicted octanol–water partition coefficient (Wildman–Crippen LogP) is 0.215. The fourth-order valence-electron chi connectivity index (χ4n) is 0.845. The van der Waals surface area contributed by atoms with Crippen LogP contribution in [0.5, 0.6) is 5.88 Å². The number of hydrogen-bond donors (Lipinski definition) is 0. The normalized spacial score (nSPS) is 9.58. The first kappa shape index (κ1) is 8.58. The van der Waals surface area contributed by atoms with Crippen molar-refractivity contribution in [3.63, 3.8) is 0 Å². The maximum Gasteiger partial charge on any atom is 0.358 e. The van der Waals surface area contributed by atoms with Crippen molar-refractivity contribution in [2.75, 3.05) is 14.2 Å². The molecular formula is C7H10N2O3. The average Bonchev–Trinajstić information content (AvgIpc) is 2.45. The number of ether oxygens (including phenoxy) is 2. The number of aromatic nitrogens is 2. The standard InChI is InChI=1S/C7H10N2O3/c1-9-6(11-2)4-5(8-9)7(10)12-3/h4H,1-3H3. The van der Waals surface area contributed by atoms with Gasteiger partial charge in [-0.05, 0) is 0 Å². The van der Waals surface area contributed by atoms with Crippen LogP contribution in [-0.4, -0.2) is 30.0 Å². The Morgan fingerprint density at radius 3 is 2.67 bits per heavy atom. The summed E-state index contributed by atoms with van der Waals surface area (Å²) in [7, 11) is 4.51. The van der Waals surface area contributed by atoms with Gasteiger partial charge in [0.25, 0.3) is 0 Å². The topological polar surface area (TPSA) is 53.4 Å². The summed E-state index contributed by atoms with van der Waals surface area (Å²) >= 11 is 0. The number of rotatable bonds is 2. The van der Waals surface area contributed by atoms with Gasteiger partial charge in [0.2, 0.25) is 5.88 Å². The number of esters is 1. The highest BCUT2D eigenvalue weighted by atomic mass is 16.5. The van der Waals surface area contributed by atoms with Crippen molar-refractivity contribution in [1.82, 2.24) is 9.78 Å². The van der Waals surface area contributed by atoms with Crippen LogP contribution < -0.4 is 4.74 Å². The van der Waals surface area contributed by atoms with Crippen molar-refractivity contribution in [3.8, 4) is 5.88 Å². The second-order valence-corrected chi connectivity index (χ2v) is 2.19. The Labute approximate surface area is 69.9 Å². The molecule has 12 heavy (non-hydrogen) atoms. The third kappa shape index (κ3) is 1.39. The molecule has 5 heteroatoms. The molecule has 0 radical (unpaired) electrons. The third-order valence-corrected chi connectivity index (χ3v) is 1.44. The number of methoxy groups -OCH3 is 2. The number of hydrogen-bond acceptors (Lipinski definition) is 4. The van der Waals surface area contributed by atoms with E-state index in [1.807, 2.05) is 0 Å². The zero-order valence-corrected chi connectivity index (χ0v) is 7.20. The predicted molar refractivity (Wildman–Crippen MR) is 41.1 cm³/mol. The zero-order chi connectivity index (χ0) is 9.14. The molecule has 0 N–H and O–H groups in total. The summed E-state index contributed by atoms with van der Waals surface area (Å²) in [5.41, 5.74) is 0.247. The van der Waals surface area contributed by atoms with Gasteiger partial charge in [-0.15, -0.1) is 0 Å². The van der Waals surface area contributed by atoms with Gasteiger partial charge in [0, 0.05) is 13.1 Å². The maximum atomic E-state index is 10.9. The number of carbonyl (C=O) groups excluding carboxylic acids is 1. The highest BCUT2D eigenvalue weighted by molar-refractivity contribution is 5.87. The maximum absolute atomic E-state index is 10.9. The Hall–Kier alpha value is -1.52. The summed E-state index contributed by atoms with van der Waals surface area (Å²) in [5.74, 6) is 0.0595. The summed E-state index contributed by atoms with van der Waals surface area (Å²) in [4.78, 5) is 10.9. The first-order valence-electron chi connectivity index (χ1n) is 3.35. The highest BCUT2D eigenvalue weighted by Gasteiger charge is 2.12. The van der Waals surface area contributed by atoms with Crippen LogP contribution in [0.3, 0.4) is 0 Å². The summed E-state index contributed by atoms with van der Waals surface area (Å²) < 4.78 is 10.9. The Balaban J connectivity index is 2.96. The minimum atomic E-state index is -0.464. The van der Waals surface area contributed by atoms with E-state index in [0.29, 0.717) is 5.88 Å². The van der Waals surface area contributed by atoms with Crippen molar-refractivity contribution < 1.29 is 14.3 Å². The second-order valence-electron chi connectivity index (χ2n) is 2.19. The van der Waals surface area contributed by atoms with Gasteiger partial charge in [0.05, 0.1) is 14.2 Å². The molecule has 0 saturated heterocycles. The van der Waals surface area contributed by atoms with Crippen LogP contribution in [0.15, 0.2) is 6.07 Å². The third-order valence-electron chi connectivity index (χ3n) is 1.44. The minimum Gasteiger partial charge on any atom is -0.481 e. The monoisotopic (exact) mass is 170 g/mol. The van der Waals surface area contributed by atoms with Gasteiger partial charge in [0.15, 0.2) is 5.69 Å². The first-order valence-corrected chi connectivity index (χ1v) is 3.35. The quantitative estimate of drug-likeness (QED) is 0.595. The van der Waals surface area contributed by atoms with Gasteiger partial charge >= 0.3 is 5.97 Å². The Morgan fingerprint density at radius 2 is 2.25 bits per heavy atom. The van der Waals surface area contributed by atoms with Crippen LogP contribution in [-0.2, 0) is 11.8 Å². The molecule has 0 aliphatic heterocycles. The Kier molecular flexibility index (Phi) is 2.32.